The molecule has 0 aliphatic rings. The van der Waals surface area contributed by atoms with Crippen molar-refractivity contribution in [2.24, 2.45) is 0 Å². The van der Waals surface area contributed by atoms with Crippen molar-refractivity contribution in [3.8, 4) is 11.5 Å². The molecule has 2 aromatic heterocycles. The van der Waals surface area contributed by atoms with Gasteiger partial charge in [0.15, 0.2) is 0 Å². The second-order valence-electron chi connectivity index (χ2n) is 2.47. The summed E-state index contributed by atoms with van der Waals surface area (Å²) in [5.74, 6) is 6.19. The Balaban J connectivity index is 2.58. The Hall–Kier alpha value is -1.21. The Kier molecular flexibility index (Phi) is 1.89. The van der Waals surface area contributed by atoms with Crippen LogP contribution in [0.3, 0.4) is 0 Å². The molecule has 3 N–H and O–H groups in total. The molecule has 68 valence electrons. The molecular weight excluding hydrogens is 206 g/mol. The molecular formula is C6H7N5S2. The van der Waals surface area contributed by atoms with E-state index in [2.05, 4.69) is 15.2 Å². The summed E-state index contributed by atoms with van der Waals surface area (Å²) >= 11 is 6.43. The maximum absolute atomic E-state index is 5.63. The SMILES string of the molecule is Cc1nc(-c2n[nH]c(=S)n2N)cs1. The zero-order chi connectivity index (χ0) is 9.42. The van der Waals surface area contributed by atoms with Gasteiger partial charge in [-0.25, -0.2) is 14.8 Å². The Labute approximate surface area is 83.2 Å². The predicted molar refractivity (Wildman–Crippen MR) is 53.4 cm³/mol. The lowest BCUT2D eigenvalue weighted by Gasteiger charge is -1.93. The lowest BCUT2D eigenvalue weighted by molar-refractivity contribution is 0.978. The fourth-order valence-corrected chi connectivity index (χ4v) is 1.67. The minimum absolute atomic E-state index is 0.389. The molecule has 2 aromatic rings. The van der Waals surface area contributed by atoms with Gasteiger partial charge in [-0.1, -0.05) is 0 Å². The number of rotatable bonds is 1. The van der Waals surface area contributed by atoms with E-state index < -0.39 is 0 Å². The smallest absolute Gasteiger partial charge is 0.214 e. The molecule has 7 heteroatoms. The summed E-state index contributed by atoms with van der Waals surface area (Å²) in [7, 11) is 0. The van der Waals surface area contributed by atoms with Crippen LogP contribution in [0.15, 0.2) is 5.38 Å². The van der Waals surface area contributed by atoms with Crippen molar-refractivity contribution in [1.29, 1.82) is 0 Å². The molecule has 5 nitrogen and oxygen atoms in total. The zero-order valence-electron chi connectivity index (χ0n) is 6.81. The maximum Gasteiger partial charge on any atom is 0.214 e. The van der Waals surface area contributed by atoms with Gasteiger partial charge in [0.25, 0.3) is 0 Å². The summed E-state index contributed by atoms with van der Waals surface area (Å²) < 4.78 is 1.70. The zero-order valence-corrected chi connectivity index (χ0v) is 8.45. The molecule has 0 saturated heterocycles. The number of thiazole rings is 1. The Morgan fingerprint density at radius 3 is 2.92 bits per heavy atom. The van der Waals surface area contributed by atoms with Crippen molar-refractivity contribution in [1.82, 2.24) is 19.9 Å². The number of nitrogen functional groups attached to an aromatic ring is 1. The summed E-state index contributed by atoms with van der Waals surface area (Å²) in [5, 5.41) is 9.43. The molecule has 0 saturated carbocycles. The lowest BCUT2D eigenvalue weighted by Crippen LogP contribution is -2.09. The van der Waals surface area contributed by atoms with Crippen LogP contribution in [-0.2, 0) is 0 Å². The van der Waals surface area contributed by atoms with Gasteiger partial charge in [-0.3, -0.25) is 0 Å². The highest BCUT2D eigenvalue weighted by atomic mass is 32.1. The van der Waals surface area contributed by atoms with Gasteiger partial charge in [0.1, 0.15) is 5.69 Å². The molecule has 0 aliphatic heterocycles. The number of hydrogen-bond donors (Lipinski definition) is 2. The van der Waals surface area contributed by atoms with Gasteiger partial charge in [0, 0.05) is 5.38 Å². The highest BCUT2D eigenvalue weighted by Crippen LogP contribution is 2.17. The summed E-state index contributed by atoms with van der Waals surface area (Å²) in [5.41, 5.74) is 0.748. The van der Waals surface area contributed by atoms with E-state index in [1.54, 1.807) is 11.3 Å². The molecule has 0 radical (unpaired) electrons. The predicted octanol–water partition coefficient (Wildman–Crippen LogP) is 1.09. The van der Waals surface area contributed by atoms with Crippen LogP contribution < -0.4 is 5.84 Å². The van der Waals surface area contributed by atoms with Crippen LogP contribution in [0.25, 0.3) is 11.5 Å². The number of nitrogens with two attached hydrogens (primary N) is 1. The number of aryl methyl sites for hydroxylation is 1. The molecule has 13 heavy (non-hydrogen) atoms. The fourth-order valence-electron chi connectivity index (χ4n) is 0.952. The minimum atomic E-state index is 0.389. The van der Waals surface area contributed by atoms with E-state index in [9.17, 15) is 0 Å². The number of nitrogens with zero attached hydrogens (tertiary/aromatic N) is 3. The first-order valence-corrected chi connectivity index (χ1v) is 4.82. The third-order valence-electron chi connectivity index (χ3n) is 1.55. The Morgan fingerprint density at radius 1 is 1.69 bits per heavy atom. The number of aromatic amines is 1. The lowest BCUT2D eigenvalue weighted by atomic mass is 10.5. The number of hydrogen-bond acceptors (Lipinski definition) is 5. The van der Waals surface area contributed by atoms with Crippen LogP contribution in [0.1, 0.15) is 5.01 Å². The molecule has 2 rings (SSSR count). The summed E-state index contributed by atoms with van der Waals surface area (Å²) in [6, 6.07) is 0. The van der Waals surface area contributed by atoms with Crippen LogP contribution in [0, 0.1) is 11.7 Å². The average molecular weight is 213 g/mol. The molecule has 0 spiro atoms. The first-order chi connectivity index (χ1) is 6.18. The first-order valence-electron chi connectivity index (χ1n) is 3.53. The van der Waals surface area contributed by atoms with E-state index in [4.69, 9.17) is 18.1 Å². The van der Waals surface area contributed by atoms with Gasteiger partial charge in [-0.05, 0) is 19.1 Å². The number of aromatic nitrogens is 4. The van der Waals surface area contributed by atoms with E-state index >= 15 is 0 Å². The summed E-state index contributed by atoms with van der Waals surface area (Å²) in [6.45, 7) is 1.93. The third-order valence-corrected chi connectivity index (χ3v) is 2.61. The highest BCUT2D eigenvalue weighted by Gasteiger charge is 2.08. The van der Waals surface area contributed by atoms with Gasteiger partial charge < -0.3 is 5.84 Å². The standard InChI is InChI=1S/C6H7N5S2/c1-3-8-4(2-13-3)5-9-10-6(12)11(5)7/h2H,7H2,1H3,(H,10,12). The van der Waals surface area contributed by atoms with Crippen molar-refractivity contribution in [2.75, 3.05) is 5.84 Å². The van der Waals surface area contributed by atoms with Crippen molar-refractivity contribution in [3.05, 3.63) is 15.2 Å². The van der Waals surface area contributed by atoms with Crippen LogP contribution in [-0.4, -0.2) is 19.9 Å². The quantitative estimate of drug-likeness (QED) is 0.549. The molecule has 0 amide bonds. The van der Waals surface area contributed by atoms with Crippen LogP contribution >= 0.6 is 23.6 Å². The molecule has 0 unspecified atom stereocenters. The largest absolute Gasteiger partial charge is 0.335 e. The van der Waals surface area contributed by atoms with Crippen molar-refractivity contribution >= 4 is 23.6 Å². The molecule has 0 aliphatic carbocycles. The van der Waals surface area contributed by atoms with E-state index in [1.807, 2.05) is 12.3 Å². The fraction of sp³-hybridized carbons (Fsp3) is 0.167. The average Bonchev–Trinajstić information content (AvgIpc) is 2.62. The van der Waals surface area contributed by atoms with E-state index in [0.717, 1.165) is 10.7 Å². The van der Waals surface area contributed by atoms with Crippen molar-refractivity contribution in [3.63, 3.8) is 0 Å². The van der Waals surface area contributed by atoms with E-state index in [0.29, 0.717) is 10.6 Å². The monoisotopic (exact) mass is 213 g/mol. The van der Waals surface area contributed by atoms with E-state index in [-0.39, 0.29) is 0 Å². The van der Waals surface area contributed by atoms with Gasteiger partial charge in [0.2, 0.25) is 10.6 Å². The Morgan fingerprint density at radius 2 is 2.46 bits per heavy atom. The highest BCUT2D eigenvalue weighted by molar-refractivity contribution is 7.71. The van der Waals surface area contributed by atoms with Crippen molar-refractivity contribution < 1.29 is 0 Å². The molecule has 0 atom stereocenters. The van der Waals surface area contributed by atoms with E-state index in [1.165, 1.54) is 4.68 Å². The number of nitrogens with one attached hydrogen (secondary N) is 1. The van der Waals surface area contributed by atoms with Gasteiger partial charge in [-0.15, -0.1) is 11.3 Å². The van der Waals surface area contributed by atoms with Gasteiger partial charge in [0.05, 0.1) is 5.01 Å². The molecule has 0 aromatic carbocycles. The minimum Gasteiger partial charge on any atom is -0.335 e. The van der Waals surface area contributed by atoms with Crippen LogP contribution in [0.5, 0.6) is 0 Å². The van der Waals surface area contributed by atoms with Gasteiger partial charge in [-0.2, -0.15) is 5.10 Å². The maximum atomic E-state index is 5.63. The normalized spacial score (nSPS) is 10.5. The second-order valence-corrected chi connectivity index (χ2v) is 3.92. The molecule has 0 fully saturated rings. The first kappa shape index (κ1) is 8.39. The van der Waals surface area contributed by atoms with Crippen molar-refractivity contribution in [2.45, 2.75) is 6.92 Å². The molecule has 2 heterocycles. The topological polar surface area (TPSA) is 72.5 Å². The molecule has 0 bridgehead atoms. The van der Waals surface area contributed by atoms with Crippen LogP contribution in [0.2, 0.25) is 0 Å². The summed E-state index contributed by atoms with van der Waals surface area (Å²) in [4.78, 5) is 4.24. The van der Waals surface area contributed by atoms with Crippen LogP contribution in [0.4, 0.5) is 0 Å². The Bertz CT molecular complexity index is 479. The summed E-state index contributed by atoms with van der Waals surface area (Å²) in [6.07, 6.45) is 0. The second kappa shape index (κ2) is 2.93. The third kappa shape index (κ3) is 1.36. The van der Waals surface area contributed by atoms with Gasteiger partial charge >= 0.3 is 0 Å². The number of H-pyrrole nitrogens is 1.